The number of hydrogen-bond acceptors (Lipinski definition) is 9. The van der Waals surface area contributed by atoms with Crippen molar-refractivity contribution in [2.75, 3.05) is 32.8 Å². The predicted octanol–water partition coefficient (Wildman–Crippen LogP) is 2.30. The van der Waals surface area contributed by atoms with E-state index in [0.717, 1.165) is 0 Å². The van der Waals surface area contributed by atoms with Gasteiger partial charge in [0.05, 0.1) is 27.9 Å². The molecule has 3 aromatic rings. The van der Waals surface area contributed by atoms with E-state index in [9.17, 15) is 26.7 Å². The van der Waals surface area contributed by atoms with E-state index in [1.54, 1.807) is 34.9 Å². The molecule has 2 atom stereocenters. The second-order valence-electron chi connectivity index (χ2n) is 12.0. The fourth-order valence-corrected chi connectivity index (χ4v) is 9.46. The number of piperidine rings is 1. The summed E-state index contributed by atoms with van der Waals surface area (Å²) in [6.07, 6.45) is 3.70. The number of aromatic nitrogens is 1. The second kappa shape index (κ2) is 12.2. The van der Waals surface area contributed by atoms with Crippen molar-refractivity contribution < 1.29 is 31.4 Å². The molecular formula is C31H39N3O8S2. The van der Waals surface area contributed by atoms with Crippen molar-refractivity contribution in [3.63, 3.8) is 0 Å². The van der Waals surface area contributed by atoms with Gasteiger partial charge in [0.25, 0.3) is 0 Å². The van der Waals surface area contributed by atoms with Crippen molar-refractivity contribution in [2.45, 2.75) is 78.4 Å². The van der Waals surface area contributed by atoms with Crippen LogP contribution in [0.5, 0.6) is 5.75 Å². The predicted molar refractivity (Wildman–Crippen MR) is 165 cm³/mol. The highest BCUT2D eigenvalue weighted by Gasteiger charge is 2.45. The quantitative estimate of drug-likeness (QED) is 0.321. The van der Waals surface area contributed by atoms with Crippen LogP contribution in [0.25, 0.3) is 10.9 Å². The number of sulfone groups is 1. The summed E-state index contributed by atoms with van der Waals surface area (Å²) in [5.41, 5.74) is -0.240. The third-order valence-corrected chi connectivity index (χ3v) is 13.1. The number of pyridine rings is 1. The summed E-state index contributed by atoms with van der Waals surface area (Å²) in [5, 5.41) is 13.9. The Kier molecular flexibility index (Phi) is 8.63. The van der Waals surface area contributed by atoms with Gasteiger partial charge in [0.15, 0.2) is 9.84 Å². The lowest BCUT2D eigenvalue weighted by Crippen LogP contribution is -2.47. The first-order valence-electron chi connectivity index (χ1n) is 15.2. The first kappa shape index (κ1) is 31.2. The lowest BCUT2D eigenvalue weighted by molar-refractivity contribution is -0.0312. The minimum Gasteiger partial charge on any atom is -0.491 e. The normalized spacial score (nSPS) is 21.5. The third kappa shape index (κ3) is 6.18. The van der Waals surface area contributed by atoms with Crippen LogP contribution in [0.2, 0.25) is 0 Å². The molecule has 1 aliphatic carbocycles. The molecule has 1 spiro atoms. The standard InChI is InChI=1S/C31H39N3O8S2/c1-2-33-19-29(30(36)27-8-3-4-9-28(27)33)44(39,40)34-14-12-31(13-15-34)17-22(20-42-31)32-18-23(35)21-41-24-6-5-7-26(16-24)43(37,38)25-10-11-25/h3-9,16,19,22-23,25,32,35H,2,10-15,17-18,20-21H2,1H3/t22-,23+/m1/s1. The first-order chi connectivity index (χ1) is 21.0. The zero-order chi connectivity index (χ0) is 31.1. The van der Waals surface area contributed by atoms with E-state index >= 15 is 0 Å². The Labute approximate surface area is 257 Å². The molecule has 2 aromatic carbocycles. The number of aliphatic hydroxyl groups excluding tert-OH is 1. The molecule has 2 saturated heterocycles. The van der Waals surface area contributed by atoms with Crippen LogP contribution in [-0.4, -0.2) is 86.7 Å². The Morgan fingerprint density at radius 2 is 1.84 bits per heavy atom. The molecular weight excluding hydrogens is 606 g/mol. The Morgan fingerprint density at radius 3 is 2.57 bits per heavy atom. The van der Waals surface area contributed by atoms with Crippen molar-refractivity contribution in [1.82, 2.24) is 14.2 Å². The molecule has 1 aromatic heterocycles. The van der Waals surface area contributed by atoms with Gasteiger partial charge in [-0.05, 0) is 69.4 Å². The zero-order valence-electron chi connectivity index (χ0n) is 24.7. The molecule has 0 unspecified atom stereocenters. The average Bonchev–Trinajstić information content (AvgIpc) is 3.83. The molecule has 0 bridgehead atoms. The molecule has 2 N–H and O–H groups in total. The van der Waals surface area contributed by atoms with E-state index in [1.165, 1.54) is 16.6 Å². The highest BCUT2D eigenvalue weighted by Crippen LogP contribution is 2.37. The third-order valence-electron chi connectivity index (χ3n) is 8.94. The van der Waals surface area contributed by atoms with E-state index in [-0.39, 0.29) is 47.3 Å². The minimum atomic E-state index is -3.99. The smallest absolute Gasteiger partial charge is 0.248 e. The van der Waals surface area contributed by atoms with E-state index in [4.69, 9.17) is 9.47 Å². The van der Waals surface area contributed by atoms with Crippen molar-refractivity contribution in [2.24, 2.45) is 0 Å². The van der Waals surface area contributed by atoms with Gasteiger partial charge in [-0.1, -0.05) is 18.2 Å². The largest absolute Gasteiger partial charge is 0.491 e. The van der Waals surface area contributed by atoms with Gasteiger partial charge in [-0.2, -0.15) is 4.31 Å². The lowest BCUT2D eigenvalue weighted by atomic mass is 9.88. The van der Waals surface area contributed by atoms with Crippen LogP contribution in [-0.2, 0) is 31.1 Å². The van der Waals surface area contributed by atoms with Crippen LogP contribution >= 0.6 is 0 Å². The van der Waals surface area contributed by atoms with Crippen LogP contribution in [0.1, 0.15) is 39.0 Å². The van der Waals surface area contributed by atoms with Gasteiger partial charge >= 0.3 is 0 Å². The topological polar surface area (TPSA) is 144 Å². The molecule has 238 valence electrons. The highest BCUT2D eigenvalue weighted by molar-refractivity contribution is 7.92. The van der Waals surface area contributed by atoms with Crippen LogP contribution < -0.4 is 15.5 Å². The summed E-state index contributed by atoms with van der Waals surface area (Å²) < 4.78 is 67.3. The van der Waals surface area contributed by atoms with Gasteiger partial charge in [-0.15, -0.1) is 0 Å². The molecule has 2 aliphatic heterocycles. The highest BCUT2D eigenvalue weighted by atomic mass is 32.2. The zero-order valence-corrected chi connectivity index (χ0v) is 26.4. The number of para-hydroxylation sites is 1. The van der Waals surface area contributed by atoms with Gasteiger partial charge in [0, 0.05) is 43.8 Å². The maximum atomic E-state index is 13.6. The number of nitrogens with one attached hydrogen (secondary N) is 1. The number of sulfonamides is 1. The van der Waals surface area contributed by atoms with E-state index in [0.29, 0.717) is 61.9 Å². The molecule has 1 saturated carbocycles. The van der Waals surface area contributed by atoms with Crippen molar-refractivity contribution in [3.8, 4) is 5.75 Å². The van der Waals surface area contributed by atoms with Gasteiger partial charge < -0.3 is 24.5 Å². The molecule has 0 radical (unpaired) electrons. The molecule has 13 heteroatoms. The van der Waals surface area contributed by atoms with Crippen LogP contribution in [0.3, 0.4) is 0 Å². The van der Waals surface area contributed by atoms with Gasteiger partial charge in [-0.3, -0.25) is 4.79 Å². The number of hydrogen-bond donors (Lipinski definition) is 2. The van der Waals surface area contributed by atoms with Crippen molar-refractivity contribution in [1.29, 1.82) is 0 Å². The summed E-state index contributed by atoms with van der Waals surface area (Å²) in [6, 6.07) is 13.4. The average molecular weight is 646 g/mol. The van der Waals surface area contributed by atoms with E-state index in [1.807, 2.05) is 19.1 Å². The number of nitrogens with zero attached hydrogens (tertiary/aromatic N) is 2. The number of aryl methyl sites for hydroxylation is 1. The molecule has 11 nitrogen and oxygen atoms in total. The van der Waals surface area contributed by atoms with Gasteiger partial charge in [0.1, 0.15) is 23.4 Å². The molecule has 6 rings (SSSR count). The fourth-order valence-electron chi connectivity index (χ4n) is 6.23. The summed E-state index contributed by atoms with van der Waals surface area (Å²) in [4.78, 5) is 13.3. The molecule has 44 heavy (non-hydrogen) atoms. The van der Waals surface area contributed by atoms with Crippen LogP contribution in [0.15, 0.2) is 69.3 Å². The summed E-state index contributed by atoms with van der Waals surface area (Å²) in [6.45, 7) is 3.64. The lowest BCUT2D eigenvalue weighted by Gasteiger charge is -2.38. The summed E-state index contributed by atoms with van der Waals surface area (Å²) in [5.74, 6) is 0.396. The van der Waals surface area contributed by atoms with Gasteiger partial charge in [-0.25, -0.2) is 16.8 Å². The monoisotopic (exact) mass is 645 g/mol. The van der Waals surface area contributed by atoms with Crippen molar-refractivity contribution in [3.05, 3.63) is 65.0 Å². The van der Waals surface area contributed by atoms with E-state index < -0.39 is 37.0 Å². The SMILES string of the molecule is CCn1cc(S(=O)(=O)N2CCC3(CC2)C[C@@H](NC[C@H](O)COc2cccc(S(=O)(=O)C4CC4)c2)CO3)c(=O)c2ccccc21. The maximum absolute atomic E-state index is 13.6. The van der Waals surface area contributed by atoms with Crippen molar-refractivity contribution >= 4 is 30.8 Å². The molecule has 3 aliphatic rings. The number of fused-ring (bicyclic) bond motifs is 1. The molecule has 3 fully saturated rings. The van der Waals surface area contributed by atoms with Crippen LogP contribution in [0.4, 0.5) is 0 Å². The first-order valence-corrected chi connectivity index (χ1v) is 18.2. The Morgan fingerprint density at radius 1 is 1.09 bits per heavy atom. The summed E-state index contributed by atoms with van der Waals surface area (Å²) in [7, 11) is -7.31. The Hall–Kier alpha value is -2.81. The number of rotatable bonds is 11. The maximum Gasteiger partial charge on any atom is 0.248 e. The molecule has 3 heterocycles. The summed E-state index contributed by atoms with van der Waals surface area (Å²) >= 11 is 0. The van der Waals surface area contributed by atoms with Gasteiger partial charge in [0.2, 0.25) is 15.5 Å². The minimum absolute atomic E-state index is 0.0000249. The fraction of sp³-hybridized carbons (Fsp3) is 0.516. The number of benzene rings is 2. The number of ether oxygens (including phenoxy) is 2. The Bertz CT molecular complexity index is 1800. The van der Waals surface area contributed by atoms with Crippen LogP contribution in [0, 0.1) is 0 Å². The molecule has 0 amide bonds. The van der Waals surface area contributed by atoms with E-state index in [2.05, 4.69) is 5.32 Å². The number of aliphatic hydroxyl groups is 1. The second-order valence-corrected chi connectivity index (χ2v) is 16.2. The Balaban J connectivity index is 1.01.